The number of aromatic nitrogens is 2. The number of morpholine rings is 1. The van der Waals surface area contributed by atoms with E-state index in [1.165, 1.54) is 16.2 Å². The molecule has 1 saturated heterocycles. The summed E-state index contributed by atoms with van der Waals surface area (Å²) in [5, 5.41) is 2.05. The van der Waals surface area contributed by atoms with Gasteiger partial charge in [0.25, 0.3) is 0 Å². The zero-order chi connectivity index (χ0) is 13.9. The minimum absolute atomic E-state index is 0.195. The maximum atomic E-state index is 12.1. The number of esters is 1. The average molecular weight is 317 g/mol. The van der Waals surface area contributed by atoms with E-state index in [2.05, 4.69) is 4.98 Å². The van der Waals surface area contributed by atoms with E-state index in [0.717, 1.165) is 32.8 Å². The number of rotatable bonds is 4. The lowest BCUT2D eigenvalue weighted by molar-refractivity contribution is -0.908. The smallest absolute Gasteiger partial charge is 0.358 e. The number of fused-ring (bicyclic) bond motifs is 1. The number of ether oxygens (including phenoxy) is 2. The molecule has 1 fully saturated rings. The van der Waals surface area contributed by atoms with Crippen LogP contribution < -0.4 is 4.90 Å². The van der Waals surface area contributed by atoms with Gasteiger partial charge in [-0.3, -0.25) is 4.40 Å². The van der Waals surface area contributed by atoms with Crippen molar-refractivity contribution in [2.24, 2.45) is 0 Å². The molecule has 108 valence electrons. The molecular formula is C12H15ClN3O3S+. The first-order chi connectivity index (χ1) is 9.75. The highest BCUT2D eigenvalue weighted by molar-refractivity contribution is 7.15. The molecule has 0 aliphatic carbocycles. The summed E-state index contributed by atoms with van der Waals surface area (Å²) in [6, 6.07) is 0. The van der Waals surface area contributed by atoms with Gasteiger partial charge in [-0.2, -0.15) is 0 Å². The molecule has 0 atom stereocenters. The summed E-state index contributed by atoms with van der Waals surface area (Å²) < 4.78 is 12.3. The van der Waals surface area contributed by atoms with Crippen LogP contribution in [-0.4, -0.2) is 54.8 Å². The van der Waals surface area contributed by atoms with Crippen molar-refractivity contribution in [3.8, 4) is 0 Å². The number of hydrogen-bond acceptors (Lipinski definition) is 5. The number of thiazole rings is 1. The fourth-order valence-electron chi connectivity index (χ4n) is 2.21. The van der Waals surface area contributed by atoms with E-state index < -0.39 is 5.97 Å². The molecule has 3 rings (SSSR count). The van der Waals surface area contributed by atoms with Crippen molar-refractivity contribution >= 4 is 33.9 Å². The summed E-state index contributed by atoms with van der Waals surface area (Å²) in [5.74, 6) is -0.423. The first-order valence-corrected chi connectivity index (χ1v) is 7.71. The number of carbonyl (C=O) groups excluding carboxylic acids is 1. The predicted octanol–water partition coefficient (Wildman–Crippen LogP) is 0.121. The Kier molecular flexibility index (Phi) is 4.21. The van der Waals surface area contributed by atoms with Crippen molar-refractivity contribution in [3.63, 3.8) is 0 Å². The van der Waals surface area contributed by atoms with Crippen LogP contribution in [0.25, 0.3) is 4.96 Å². The molecule has 8 heteroatoms. The molecule has 2 aromatic rings. The van der Waals surface area contributed by atoms with E-state index in [1.54, 1.807) is 10.6 Å². The fourth-order valence-corrected chi connectivity index (χ4v) is 3.22. The highest BCUT2D eigenvalue weighted by atomic mass is 35.5. The Morgan fingerprint density at radius 3 is 3.15 bits per heavy atom. The summed E-state index contributed by atoms with van der Waals surface area (Å²) in [7, 11) is 0. The van der Waals surface area contributed by atoms with Crippen LogP contribution in [0.15, 0.2) is 11.6 Å². The Hall–Kier alpha value is -1.15. The Balaban J connectivity index is 1.58. The van der Waals surface area contributed by atoms with Crippen LogP contribution >= 0.6 is 22.9 Å². The number of quaternary nitrogens is 1. The molecule has 2 aromatic heterocycles. The molecule has 0 spiro atoms. The molecular weight excluding hydrogens is 302 g/mol. The highest BCUT2D eigenvalue weighted by Gasteiger charge is 2.21. The maximum Gasteiger partial charge on any atom is 0.358 e. The molecule has 1 aliphatic rings. The van der Waals surface area contributed by atoms with Crippen LogP contribution in [0.4, 0.5) is 0 Å². The zero-order valence-corrected chi connectivity index (χ0v) is 12.4. The number of carbonyl (C=O) groups is 1. The normalized spacial score (nSPS) is 16.6. The van der Waals surface area contributed by atoms with E-state index >= 15 is 0 Å². The van der Waals surface area contributed by atoms with Gasteiger partial charge in [0, 0.05) is 11.6 Å². The van der Waals surface area contributed by atoms with Crippen molar-refractivity contribution in [2.75, 3.05) is 39.5 Å². The molecule has 6 nitrogen and oxygen atoms in total. The number of imidazole rings is 1. The third kappa shape index (κ3) is 2.80. The van der Waals surface area contributed by atoms with Gasteiger partial charge in [0.1, 0.15) is 26.2 Å². The standard InChI is InChI=1S/C12H14ClN3O3S/c13-10-9(16-4-8-20-12(16)14-10)11(17)19-7-3-15-1-5-18-6-2-15/h4,8H,1-3,5-7H2/p+1. The number of halogens is 1. The lowest BCUT2D eigenvalue weighted by Crippen LogP contribution is -3.14. The third-order valence-electron chi connectivity index (χ3n) is 3.30. The SMILES string of the molecule is O=C(OCC[NH+]1CCOCC1)c1c(Cl)nc2sccn12. The van der Waals surface area contributed by atoms with Crippen LogP contribution in [0, 0.1) is 0 Å². The van der Waals surface area contributed by atoms with Crippen LogP contribution in [0.1, 0.15) is 10.5 Å². The maximum absolute atomic E-state index is 12.1. The second kappa shape index (κ2) is 6.09. The van der Waals surface area contributed by atoms with Crippen molar-refractivity contribution < 1.29 is 19.2 Å². The van der Waals surface area contributed by atoms with E-state index in [-0.39, 0.29) is 5.15 Å². The minimum atomic E-state index is -0.423. The minimum Gasteiger partial charge on any atom is -0.455 e. The third-order valence-corrected chi connectivity index (χ3v) is 4.32. The van der Waals surface area contributed by atoms with E-state index in [0.29, 0.717) is 17.3 Å². The topological polar surface area (TPSA) is 57.3 Å². The van der Waals surface area contributed by atoms with E-state index in [9.17, 15) is 4.79 Å². The number of nitrogens with one attached hydrogen (secondary N) is 1. The lowest BCUT2D eigenvalue weighted by Gasteiger charge is -2.23. The van der Waals surface area contributed by atoms with Crippen LogP contribution in [-0.2, 0) is 9.47 Å². The van der Waals surface area contributed by atoms with Gasteiger partial charge < -0.3 is 14.4 Å². The van der Waals surface area contributed by atoms with Gasteiger partial charge in [-0.1, -0.05) is 11.6 Å². The van der Waals surface area contributed by atoms with Gasteiger partial charge >= 0.3 is 5.97 Å². The molecule has 0 aromatic carbocycles. The van der Waals surface area contributed by atoms with Gasteiger partial charge in [-0.15, -0.1) is 11.3 Å². The molecule has 0 unspecified atom stereocenters. The molecule has 0 radical (unpaired) electrons. The van der Waals surface area contributed by atoms with Crippen molar-refractivity contribution in [2.45, 2.75) is 0 Å². The van der Waals surface area contributed by atoms with Crippen LogP contribution in [0.3, 0.4) is 0 Å². The first kappa shape index (κ1) is 13.8. The summed E-state index contributed by atoms with van der Waals surface area (Å²) in [4.78, 5) is 18.3. The largest absolute Gasteiger partial charge is 0.455 e. The van der Waals surface area contributed by atoms with Gasteiger partial charge in [-0.05, 0) is 0 Å². The number of hydrogen-bond donors (Lipinski definition) is 1. The molecule has 0 amide bonds. The highest BCUT2D eigenvalue weighted by Crippen LogP contribution is 2.21. The Morgan fingerprint density at radius 1 is 1.55 bits per heavy atom. The summed E-state index contributed by atoms with van der Waals surface area (Å²) >= 11 is 7.41. The summed E-state index contributed by atoms with van der Waals surface area (Å²) in [5.41, 5.74) is 0.305. The van der Waals surface area contributed by atoms with Crippen LogP contribution in [0.5, 0.6) is 0 Å². The molecule has 1 aliphatic heterocycles. The molecule has 0 bridgehead atoms. The first-order valence-electron chi connectivity index (χ1n) is 6.45. The van der Waals surface area contributed by atoms with Crippen molar-refractivity contribution in [1.29, 1.82) is 0 Å². The second-order valence-electron chi connectivity index (χ2n) is 4.56. The molecule has 1 N–H and O–H groups in total. The van der Waals surface area contributed by atoms with Crippen molar-refractivity contribution in [1.82, 2.24) is 9.38 Å². The van der Waals surface area contributed by atoms with Gasteiger partial charge in [-0.25, -0.2) is 9.78 Å². The van der Waals surface area contributed by atoms with Gasteiger partial charge in [0.2, 0.25) is 0 Å². The monoisotopic (exact) mass is 316 g/mol. The zero-order valence-electron chi connectivity index (χ0n) is 10.8. The molecule has 20 heavy (non-hydrogen) atoms. The van der Waals surface area contributed by atoms with Gasteiger partial charge in [0.05, 0.1) is 13.2 Å². The second-order valence-corrected chi connectivity index (χ2v) is 5.79. The number of nitrogens with zero attached hydrogens (tertiary/aromatic N) is 2. The predicted molar refractivity (Wildman–Crippen MR) is 74.7 cm³/mol. The van der Waals surface area contributed by atoms with Crippen molar-refractivity contribution in [3.05, 3.63) is 22.4 Å². The fraction of sp³-hybridized carbons (Fsp3) is 0.500. The Labute approximate surface area is 124 Å². The van der Waals surface area contributed by atoms with Gasteiger partial charge in [0.15, 0.2) is 15.8 Å². The summed E-state index contributed by atoms with van der Waals surface area (Å²) in [6.45, 7) is 4.63. The Bertz CT molecular complexity index is 606. The summed E-state index contributed by atoms with van der Waals surface area (Å²) in [6.07, 6.45) is 1.77. The average Bonchev–Trinajstić information content (AvgIpc) is 2.99. The molecule has 0 saturated carbocycles. The van der Waals surface area contributed by atoms with E-state index in [1.807, 2.05) is 5.38 Å². The lowest BCUT2D eigenvalue weighted by atomic mass is 10.4. The van der Waals surface area contributed by atoms with E-state index in [4.69, 9.17) is 21.1 Å². The quantitative estimate of drug-likeness (QED) is 0.814. The molecule has 3 heterocycles. The van der Waals surface area contributed by atoms with Crippen LogP contribution in [0.2, 0.25) is 5.15 Å². The Morgan fingerprint density at radius 2 is 2.35 bits per heavy atom.